The van der Waals surface area contributed by atoms with Crippen LogP contribution < -0.4 is 5.73 Å². The van der Waals surface area contributed by atoms with E-state index in [1.54, 1.807) is 0 Å². The predicted molar refractivity (Wildman–Crippen MR) is 152 cm³/mol. The molecule has 2 unspecified atom stereocenters. The van der Waals surface area contributed by atoms with Crippen LogP contribution in [0.4, 0.5) is 11.5 Å². The van der Waals surface area contributed by atoms with Crippen molar-refractivity contribution >= 4 is 60.1 Å². The molecule has 246 valence electrons. The number of ether oxygens (including phenoxy) is 2. The largest absolute Gasteiger partial charge is 0.472 e. The van der Waals surface area contributed by atoms with Gasteiger partial charge in [0.05, 0.1) is 30.0 Å². The molecule has 7 rings (SSSR count). The summed E-state index contributed by atoms with van der Waals surface area (Å²) in [4.78, 5) is 44.6. The standard InChI is InChI=1S/C21H23N9O13P2S/c22-18-13-19(24-6-23-18)28(7-25-13)20-15(32)16-11(41-20)5-38-44(35,36)42-17-14(31)10(4-39-45(37,46)43-16)40-21(17)29-8-2-1-3-9(30(33)34)12(8)26-27-29/h1-3,6-7,10-11,14-17,20-21,31-32H,4-5H2,(H,35,36)(H,37,46)(H2,22,23,24)/t10-,11-,14-,15-,16-,17-,20-,21-,45?/m1/s1. The Bertz CT molecular complexity index is 1930. The molecule has 25 heteroatoms. The number of rotatable bonds is 3. The predicted octanol–water partition coefficient (Wildman–Crippen LogP) is -0.587. The molecule has 6 N–H and O–H groups in total. The van der Waals surface area contributed by atoms with E-state index in [-0.39, 0.29) is 33.7 Å². The third kappa shape index (κ3) is 5.48. The molecule has 2 bridgehead atoms. The summed E-state index contributed by atoms with van der Waals surface area (Å²) in [7, 11) is -5.09. The minimum Gasteiger partial charge on any atom is -0.387 e. The van der Waals surface area contributed by atoms with Gasteiger partial charge in [0.25, 0.3) is 5.69 Å². The van der Waals surface area contributed by atoms with E-state index in [4.69, 9.17) is 45.1 Å². The number of imidazole rings is 1. The van der Waals surface area contributed by atoms with E-state index in [1.807, 2.05) is 0 Å². The average Bonchev–Trinajstić information content (AvgIpc) is 3.76. The highest BCUT2D eigenvalue weighted by Crippen LogP contribution is 2.54. The highest BCUT2D eigenvalue weighted by Gasteiger charge is 2.53. The third-order valence-electron chi connectivity index (χ3n) is 7.52. The molecular weight excluding hydrogens is 680 g/mol. The van der Waals surface area contributed by atoms with Gasteiger partial charge in [0.1, 0.15) is 48.5 Å². The van der Waals surface area contributed by atoms with Crippen molar-refractivity contribution in [1.82, 2.24) is 34.5 Å². The number of hydrogen-bond donors (Lipinski definition) is 5. The second-order valence-corrected chi connectivity index (χ2v) is 14.5. The van der Waals surface area contributed by atoms with Crippen LogP contribution >= 0.6 is 14.5 Å². The number of aliphatic hydroxyl groups excluding tert-OH is 2. The van der Waals surface area contributed by atoms with Gasteiger partial charge in [-0.2, -0.15) is 0 Å². The number of non-ortho nitro benzene ring substituents is 1. The molecule has 0 radical (unpaired) electrons. The number of aliphatic hydroxyl groups is 2. The van der Waals surface area contributed by atoms with Gasteiger partial charge in [0, 0.05) is 6.07 Å². The fourth-order valence-electron chi connectivity index (χ4n) is 5.42. The molecule has 0 amide bonds. The Morgan fingerprint density at radius 2 is 1.76 bits per heavy atom. The lowest BCUT2D eigenvalue weighted by Crippen LogP contribution is -2.36. The lowest BCUT2D eigenvalue weighted by molar-refractivity contribution is -0.383. The van der Waals surface area contributed by atoms with Crippen molar-refractivity contribution in [3.05, 3.63) is 41.0 Å². The van der Waals surface area contributed by atoms with E-state index in [0.717, 1.165) is 4.68 Å². The molecule has 46 heavy (non-hydrogen) atoms. The van der Waals surface area contributed by atoms with Gasteiger partial charge in [-0.1, -0.05) is 11.3 Å². The Morgan fingerprint density at radius 1 is 1.00 bits per heavy atom. The first-order chi connectivity index (χ1) is 21.8. The zero-order valence-corrected chi connectivity index (χ0v) is 25.4. The van der Waals surface area contributed by atoms with E-state index in [1.165, 1.54) is 35.4 Å². The highest BCUT2D eigenvalue weighted by atomic mass is 32.5. The summed E-state index contributed by atoms with van der Waals surface area (Å²) >= 11 is 5.17. The van der Waals surface area contributed by atoms with Crippen LogP contribution in [0.5, 0.6) is 0 Å². The molecule has 3 aliphatic heterocycles. The summed E-state index contributed by atoms with van der Waals surface area (Å²) in [6.45, 7) is -5.65. The monoisotopic (exact) mass is 703 g/mol. The van der Waals surface area contributed by atoms with Crippen LogP contribution in [-0.2, 0) is 43.9 Å². The smallest absolute Gasteiger partial charge is 0.387 e. The van der Waals surface area contributed by atoms with E-state index in [2.05, 4.69) is 25.3 Å². The number of fused-ring (bicyclic) bond motifs is 5. The molecule has 10 atom stereocenters. The first-order valence-electron chi connectivity index (χ1n) is 13.2. The zero-order valence-electron chi connectivity index (χ0n) is 22.8. The van der Waals surface area contributed by atoms with Gasteiger partial charge in [0.15, 0.2) is 29.4 Å². The van der Waals surface area contributed by atoms with Crippen LogP contribution in [0.3, 0.4) is 0 Å². The molecule has 3 saturated heterocycles. The molecule has 0 spiro atoms. The quantitative estimate of drug-likeness (QED) is 0.101. The maximum atomic E-state index is 13.2. The fourth-order valence-corrected chi connectivity index (χ4v) is 7.80. The van der Waals surface area contributed by atoms with E-state index in [0.29, 0.717) is 0 Å². The molecule has 22 nitrogen and oxygen atoms in total. The van der Waals surface area contributed by atoms with Crippen LogP contribution in [0.15, 0.2) is 30.9 Å². The van der Waals surface area contributed by atoms with Crippen LogP contribution in [0.25, 0.3) is 22.2 Å². The van der Waals surface area contributed by atoms with Crippen molar-refractivity contribution in [1.29, 1.82) is 0 Å². The zero-order chi connectivity index (χ0) is 32.5. The maximum absolute atomic E-state index is 13.2. The third-order valence-corrected chi connectivity index (χ3v) is 10.1. The molecule has 6 heterocycles. The number of benzene rings is 1. The van der Waals surface area contributed by atoms with Gasteiger partial charge in [0.2, 0.25) is 0 Å². The van der Waals surface area contributed by atoms with Crippen molar-refractivity contribution in [3.63, 3.8) is 0 Å². The average molecular weight is 703 g/mol. The number of nitro groups is 1. The summed E-state index contributed by atoms with van der Waals surface area (Å²) in [5.74, 6) is 0.0606. The molecule has 3 aliphatic rings. The van der Waals surface area contributed by atoms with Crippen LogP contribution in [0.2, 0.25) is 0 Å². The summed E-state index contributed by atoms with van der Waals surface area (Å²) in [6.07, 6.45) is -9.52. The Balaban J connectivity index is 1.20. The topological polar surface area (TPSA) is 297 Å². The van der Waals surface area contributed by atoms with Crippen molar-refractivity contribution < 1.29 is 57.1 Å². The lowest BCUT2D eigenvalue weighted by Gasteiger charge is -2.26. The van der Waals surface area contributed by atoms with Crippen molar-refractivity contribution in [2.75, 3.05) is 18.9 Å². The summed E-state index contributed by atoms with van der Waals surface area (Å²) < 4.78 is 49.0. The van der Waals surface area contributed by atoms with Gasteiger partial charge in [-0.15, -0.1) is 5.10 Å². The van der Waals surface area contributed by atoms with Crippen LogP contribution in [-0.4, -0.2) is 109 Å². The van der Waals surface area contributed by atoms with Gasteiger partial charge in [-0.05, 0) is 17.9 Å². The van der Waals surface area contributed by atoms with E-state index in [9.17, 15) is 34.7 Å². The minimum absolute atomic E-state index is 0.0606. The Hall–Kier alpha value is -3.15. The molecule has 3 aromatic heterocycles. The maximum Gasteiger partial charge on any atom is 0.472 e. The number of phosphoric acid groups is 1. The van der Waals surface area contributed by atoms with Crippen molar-refractivity contribution in [2.24, 2.45) is 0 Å². The number of phosphoric ester groups is 1. The number of hydrogen-bond acceptors (Lipinski definition) is 18. The molecular formula is C21H23N9O13P2S. The SMILES string of the molecule is Nc1ncnc2c1ncn2[C@@H]1O[C@@H]2COP(=O)(O)O[C@@H]3[C@H](O)[C@@H](COP(O)(=S)O[C@H]2[C@H]1O)O[C@H]3n1nnc2c([N+](=O)[O-])cccc21. The highest BCUT2D eigenvalue weighted by molar-refractivity contribution is 8.07. The molecule has 0 saturated carbocycles. The van der Waals surface area contributed by atoms with Gasteiger partial charge < -0.3 is 39.7 Å². The second-order valence-electron chi connectivity index (χ2n) is 10.3. The van der Waals surface area contributed by atoms with Crippen molar-refractivity contribution in [3.8, 4) is 0 Å². The molecule has 4 aromatic rings. The number of nitrogen functional groups attached to an aromatic ring is 1. The number of nitrogens with zero attached hydrogens (tertiary/aromatic N) is 8. The fraction of sp³-hybridized carbons (Fsp3) is 0.476. The summed E-state index contributed by atoms with van der Waals surface area (Å²) in [5, 5.41) is 41.5. The van der Waals surface area contributed by atoms with Crippen molar-refractivity contribution in [2.45, 2.75) is 49.1 Å². The number of anilines is 1. The van der Waals surface area contributed by atoms with Gasteiger partial charge in [-0.25, -0.2) is 24.2 Å². The summed E-state index contributed by atoms with van der Waals surface area (Å²) in [6, 6.07) is 4.00. The molecule has 0 aliphatic carbocycles. The van der Waals surface area contributed by atoms with Crippen LogP contribution in [0, 0.1) is 10.1 Å². The van der Waals surface area contributed by atoms with E-state index >= 15 is 0 Å². The Kier molecular flexibility index (Phi) is 7.88. The lowest BCUT2D eigenvalue weighted by atomic mass is 10.1. The number of nitro benzene ring substituents is 1. The Labute approximate surface area is 260 Å². The second kappa shape index (κ2) is 11.5. The van der Waals surface area contributed by atoms with Crippen LogP contribution in [0.1, 0.15) is 12.5 Å². The van der Waals surface area contributed by atoms with Gasteiger partial charge >= 0.3 is 14.5 Å². The molecule has 1 aromatic carbocycles. The first-order valence-corrected chi connectivity index (χ1v) is 17.3. The molecule has 3 fully saturated rings. The number of aromatic nitrogens is 7. The summed E-state index contributed by atoms with van der Waals surface area (Å²) in [5.41, 5.74) is 5.83. The number of nitrogens with two attached hydrogens (primary N) is 1. The normalized spacial score (nSPS) is 37.0. The Morgan fingerprint density at radius 3 is 2.54 bits per heavy atom. The minimum atomic E-state index is -5.09. The first kappa shape index (κ1) is 31.4. The van der Waals surface area contributed by atoms with Gasteiger partial charge in [-0.3, -0.25) is 28.3 Å². The van der Waals surface area contributed by atoms with E-state index < -0.39 is 81.8 Å².